The molecule has 0 aliphatic rings. The molecule has 0 radical (unpaired) electrons. The van der Waals surface area contributed by atoms with Crippen LogP contribution in [0.4, 0.5) is 0 Å². The van der Waals surface area contributed by atoms with Gasteiger partial charge >= 0.3 is 0 Å². The fourth-order valence-corrected chi connectivity index (χ4v) is 3.54. The Morgan fingerprint density at radius 3 is 1.54 bits per heavy atom. The maximum Gasteiger partial charge on any atom is 0.137 e. The van der Waals surface area contributed by atoms with Crippen molar-refractivity contribution in [2.45, 2.75) is 129 Å². The first-order valence-corrected chi connectivity index (χ1v) is 11.7. The first kappa shape index (κ1) is 27.1. The largest absolute Gasteiger partial charge is 0.510 e. The number of ketones is 1. The number of Topliss-reactive ketones (excluding diaryl/α,β-unsaturated/α-hetero) is 1. The Hall–Kier alpha value is -0.870. The molecule has 4 nitrogen and oxygen atoms in total. The summed E-state index contributed by atoms with van der Waals surface area (Å²) in [4.78, 5) is 11.9. The van der Waals surface area contributed by atoms with Crippen LogP contribution in [0.2, 0.25) is 0 Å². The second-order valence-corrected chi connectivity index (χ2v) is 8.28. The lowest BCUT2D eigenvalue weighted by Gasteiger charge is -2.10. The molecule has 0 aromatic rings. The molecular formula is C24H46O4. The number of unbranched alkanes of at least 4 members (excludes halogenated alkanes) is 14. The van der Waals surface area contributed by atoms with E-state index in [-0.39, 0.29) is 18.0 Å². The van der Waals surface area contributed by atoms with Crippen molar-refractivity contribution in [1.29, 1.82) is 0 Å². The molecule has 0 aliphatic carbocycles. The van der Waals surface area contributed by atoms with Crippen LogP contribution in [0.15, 0.2) is 11.3 Å². The van der Waals surface area contributed by atoms with Gasteiger partial charge in [-0.3, -0.25) is 4.79 Å². The lowest BCUT2D eigenvalue weighted by molar-refractivity contribution is -0.118. The third kappa shape index (κ3) is 16.1. The van der Waals surface area contributed by atoms with Crippen molar-refractivity contribution >= 4 is 5.78 Å². The summed E-state index contributed by atoms with van der Waals surface area (Å²) in [5.74, 6) is -0.184. The van der Waals surface area contributed by atoms with Crippen LogP contribution in [0.1, 0.15) is 123 Å². The molecule has 0 spiro atoms. The number of allylic oxidation sites excluding steroid dienone is 1. The molecule has 4 heteroatoms. The second-order valence-electron chi connectivity index (χ2n) is 8.28. The Morgan fingerprint density at radius 2 is 1.14 bits per heavy atom. The first-order valence-electron chi connectivity index (χ1n) is 11.7. The van der Waals surface area contributed by atoms with Crippen LogP contribution in [0, 0.1) is 0 Å². The Bertz CT molecular complexity index is 403. The summed E-state index contributed by atoms with van der Waals surface area (Å²) in [5, 5.41) is 27.8. The van der Waals surface area contributed by atoms with Crippen LogP contribution in [0.5, 0.6) is 0 Å². The number of rotatable bonds is 20. The number of aliphatic hydroxyl groups is 3. The van der Waals surface area contributed by atoms with Gasteiger partial charge in [-0.1, -0.05) is 96.8 Å². The van der Waals surface area contributed by atoms with Gasteiger partial charge in [-0.25, -0.2) is 0 Å². The molecule has 1 atom stereocenters. The summed E-state index contributed by atoms with van der Waals surface area (Å²) in [6.07, 6.45) is 19.0. The highest BCUT2D eigenvalue weighted by molar-refractivity contribution is 5.80. The Labute approximate surface area is 173 Å². The van der Waals surface area contributed by atoms with Crippen molar-refractivity contribution in [2.75, 3.05) is 6.61 Å². The van der Waals surface area contributed by atoms with Crippen molar-refractivity contribution in [3.8, 4) is 0 Å². The van der Waals surface area contributed by atoms with Gasteiger partial charge < -0.3 is 15.3 Å². The monoisotopic (exact) mass is 398 g/mol. The topological polar surface area (TPSA) is 77.8 Å². The zero-order valence-electron chi connectivity index (χ0n) is 18.6. The highest BCUT2D eigenvalue weighted by Gasteiger charge is 2.13. The standard InChI is InChI=1S/C24H46O4/c1-3-4-5-6-7-8-9-10-11-12-13-14-15-16-17-18-22(26)19-21(2)24(28)23(27)20-25/h23,25,27-28H,3-20H2,1-2H3/b24-21+. The minimum Gasteiger partial charge on any atom is -0.510 e. The number of hydrogen-bond donors (Lipinski definition) is 3. The SMILES string of the molecule is CCCCCCCCCCCCCCCCCC(=O)C/C(C)=C(/O)C(O)CO. The Kier molecular flexibility index (Phi) is 18.8. The van der Waals surface area contributed by atoms with Crippen LogP contribution >= 0.6 is 0 Å². The van der Waals surface area contributed by atoms with Gasteiger partial charge in [0, 0.05) is 12.8 Å². The quantitative estimate of drug-likeness (QED) is 0.164. The van der Waals surface area contributed by atoms with Crippen LogP contribution in [0.3, 0.4) is 0 Å². The summed E-state index contributed by atoms with van der Waals surface area (Å²) >= 11 is 0. The fourth-order valence-electron chi connectivity index (χ4n) is 3.54. The molecule has 0 heterocycles. The van der Waals surface area contributed by atoms with Crippen molar-refractivity contribution in [2.24, 2.45) is 0 Å². The zero-order chi connectivity index (χ0) is 21.0. The van der Waals surface area contributed by atoms with Crippen molar-refractivity contribution in [3.05, 3.63) is 11.3 Å². The Balaban J connectivity index is 3.42. The van der Waals surface area contributed by atoms with Crippen LogP contribution in [-0.2, 0) is 4.79 Å². The highest BCUT2D eigenvalue weighted by atomic mass is 16.3. The number of hydrogen-bond acceptors (Lipinski definition) is 4. The van der Waals surface area contributed by atoms with E-state index in [4.69, 9.17) is 5.11 Å². The Morgan fingerprint density at radius 1 is 0.750 bits per heavy atom. The van der Waals surface area contributed by atoms with E-state index in [1.807, 2.05) is 0 Å². The average Bonchev–Trinajstić information content (AvgIpc) is 2.69. The van der Waals surface area contributed by atoms with Crippen molar-refractivity contribution < 1.29 is 20.1 Å². The van der Waals surface area contributed by atoms with Gasteiger partial charge in [0.25, 0.3) is 0 Å². The molecule has 3 N–H and O–H groups in total. The van der Waals surface area contributed by atoms with E-state index < -0.39 is 12.7 Å². The van der Waals surface area contributed by atoms with Gasteiger partial charge in [0.15, 0.2) is 0 Å². The first-order chi connectivity index (χ1) is 13.5. The lowest BCUT2D eigenvalue weighted by Crippen LogP contribution is -2.17. The summed E-state index contributed by atoms with van der Waals surface area (Å²) in [5.41, 5.74) is 0.451. The zero-order valence-corrected chi connectivity index (χ0v) is 18.6. The minimum absolute atomic E-state index is 0.0869. The average molecular weight is 399 g/mol. The molecule has 0 fully saturated rings. The molecule has 0 bridgehead atoms. The molecule has 0 saturated carbocycles. The van der Waals surface area contributed by atoms with E-state index in [0.29, 0.717) is 12.0 Å². The molecule has 0 aromatic carbocycles. The molecule has 0 amide bonds. The molecule has 166 valence electrons. The maximum atomic E-state index is 11.9. The predicted octanol–water partition coefficient (Wildman–Crippen LogP) is 6.39. The van der Waals surface area contributed by atoms with Gasteiger partial charge in [0.1, 0.15) is 17.6 Å². The van der Waals surface area contributed by atoms with Crippen molar-refractivity contribution in [3.63, 3.8) is 0 Å². The van der Waals surface area contributed by atoms with Crippen LogP contribution in [0.25, 0.3) is 0 Å². The smallest absolute Gasteiger partial charge is 0.137 e. The predicted molar refractivity (Wildman–Crippen MR) is 118 cm³/mol. The van der Waals surface area contributed by atoms with E-state index in [2.05, 4.69) is 6.92 Å². The van der Waals surface area contributed by atoms with Gasteiger partial charge in [-0.05, 0) is 18.9 Å². The number of carbonyl (C=O) groups is 1. The molecule has 0 saturated heterocycles. The number of aliphatic hydroxyl groups excluding tert-OH is 3. The minimum atomic E-state index is -1.28. The van der Waals surface area contributed by atoms with E-state index in [1.165, 1.54) is 83.5 Å². The second kappa shape index (κ2) is 19.4. The van der Waals surface area contributed by atoms with E-state index in [0.717, 1.165) is 12.8 Å². The molecule has 1 unspecified atom stereocenters. The van der Waals surface area contributed by atoms with Gasteiger partial charge in [0.05, 0.1) is 6.61 Å². The van der Waals surface area contributed by atoms with E-state index in [1.54, 1.807) is 6.92 Å². The fraction of sp³-hybridized carbons (Fsp3) is 0.875. The van der Waals surface area contributed by atoms with E-state index in [9.17, 15) is 15.0 Å². The molecule has 0 rings (SSSR count). The maximum absolute atomic E-state index is 11.9. The lowest BCUT2D eigenvalue weighted by atomic mass is 10.0. The van der Waals surface area contributed by atoms with Crippen LogP contribution in [-0.4, -0.2) is 33.8 Å². The summed E-state index contributed by atoms with van der Waals surface area (Å²) in [6.45, 7) is 3.36. The highest BCUT2D eigenvalue weighted by Crippen LogP contribution is 2.15. The molecule has 0 aromatic heterocycles. The normalized spacial score (nSPS) is 13.4. The number of carbonyl (C=O) groups excluding carboxylic acids is 1. The summed E-state index contributed by atoms with van der Waals surface area (Å²) in [6, 6.07) is 0. The third-order valence-corrected chi connectivity index (χ3v) is 5.45. The molecular weight excluding hydrogens is 352 g/mol. The third-order valence-electron chi connectivity index (χ3n) is 5.45. The van der Waals surface area contributed by atoms with E-state index >= 15 is 0 Å². The van der Waals surface area contributed by atoms with Crippen molar-refractivity contribution in [1.82, 2.24) is 0 Å². The summed E-state index contributed by atoms with van der Waals surface area (Å²) in [7, 11) is 0. The molecule has 0 aliphatic heterocycles. The molecule has 28 heavy (non-hydrogen) atoms. The van der Waals surface area contributed by atoms with Crippen LogP contribution < -0.4 is 0 Å². The van der Waals surface area contributed by atoms with Gasteiger partial charge in [0.2, 0.25) is 0 Å². The van der Waals surface area contributed by atoms with Gasteiger partial charge in [-0.15, -0.1) is 0 Å². The summed E-state index contributed by atoms with van der Waals surface area (Å²) < 4.78 is 0. The van der Waals surface area contributed by atoms with Gasteiger partial charge in [-0.2, -0.15) is 0 Å².